The molecular weight excluding hydrogens is 558 g/mol. The van der Waals surface area contributed by atoms with Crippen molar-refractivity contribution in [3.63, 3.8) is 0 Å². The number of nitrogens with one attached hydrogen (secondary N) is 1. The highest BCUT2D eigenvalue weighted by Gasteiger charge is 2.32. The van der Waals surface area contributed by atoms with E-state index in [2.05, 4.69) is 11.9 Å². The van der Waals surface area contributed by atoms with Crippen molar-refractivity contribution in [2.75, 3.05) is 18.5 Å². The minimum atomic E-state index is -0.705. The Bertz CT molecular complexity index is 1810. The number of nitrogens with zero attached hydrogens (tertiary/aromatic N) is 2. The van der Waals surface area contributed by atoms with Crippen LogP contribution in [0.15, 0.2) is 107 Å². The van der Waals surface area contributed by atoms with Crippen LogP contribution in [0.4, 0.5) is 5.69 Å². The zero-order valence-corrected chi connectivity index (χ0v) is 24.2. The number of rotatable bonds is 9. The van der Waals surface area contributed by atoms with Crippen molar-refractivity contribution < 1.29 is 14.3 Å². The van der Waals surface area contributed by atoms with Crippen molar-refractivity contribution in [1.29, 1.82) is 0 Å². The summed E-state index contributed by atoms with van der Waals surface area (Å²) in [5, 5.41) is 3.48. The highest BCUT2D eigenvalue weighted by molar-refractivity contribution is 7.07. The van der Waals surface area contributed by atoms with Crippen molar-refractivity contribution in [2.45, 2.75) is 19.9 Å². The fourth-order valence-corrected chi connectivity index (χ4v) is 5.83. The third kappa shape index (κ3) is 6.04. The molecule has 7 nitrogen and oxygen atoms in total. The molecule has 0 unspecified atom stereocenters. The molecule has 0 saturated heterocycles. The normalized spacial score (nSPS) is 14.7. The minimum absolute atomic E-state index is 0.278. The molecule has 5 rings (SSSR count). The lowest BCUT2D eigenvalue weighted by atomic mass is 9.95. The molecule has 1 aromatic heterocycles. The molecule has 1 N–H and O–H groups in total. The van der Waals surface area contributed by atoms with Crippen molar-refractivity contribution >= 4 is 40.6 Å². The van der Waals surface area contributed by atoms with Gasteiger partial charge in [-0.15, -0.1) is 0 Å². The molecule has 2 heterocycles. The summed E-state index contributed by atoms with van der Waals surface area (Å²) in [7, 11) is 0. The second kappa shape index (κ2) is 12.4. The predicted octanol–water partition coefficient (Wildman–Crippen LogP) is 5.49. The largest absolute Gasteiger partial charge is 0.494 e. The number of hydrogen-bond acceptors (Lipinski definition) is 6. The molecule has 4 aromatic rings. The topological polar surface area (TPSA) is 81.9 Å². The Balaban J connectivity index is 1.66. The number of carbonyl (C=O) groups excluding carboxylic acids is 1. The molecule has 41 heavy (non-hydrogen) atoms. The standard InChI is InChI=1S/C32H28ClN3O4S/c1-4-17-40-26-16-13-23(33)18-22(26)19-27-31(38)36-29(21-11-14-25(15-12-21)39-5-2)28(20(3)34-32(36)41-27)30(37)35-24-9-7-6-8-10-24/h4,6-16,18-19,29H,1,5,17H2,2-3H3,(H,35,37)/b27-19-/t29-/m1/s1. The lowest BCUT2D eigenvalue weighted by Crippen LogP contribution is -2.40. The lowest BCUT2D eigenvalue weighted by Gasteiger charge is -2.25. The fourth-order valence-electron chi connectivity index (χ4n) is 4.61. The van der Waals surface area contributed by atoms with E-state index in [9.17, 15) is 9.59 Å². The molecule has 3 aromatic carbocycles. The van der Waals surface area contributed by atoms with Gasteiger partial charge in [0.15, 0.2) is 4.80 Å². The van der Waals surface area contributed by atoms with Gasteiger partial charge >= 0.3 is 0 Å². The van der Waals surface area contributed by atoms with E-state index in [4.69, 9.17) is 26.1 Å². The number of amides is 1. The van der Waals surface area contributed by atoms with Gasteiger partial charge in [-0.3, -0.25) is 14.2 Å². The molecule has 1 aliphatic rings. The third-order valence-corrected chi connectivity index (χ3v) is 7.64. The Morgan fingerprint density at radius 2 is 1.88 bits per heavy atom. The maximum atomic E-state index is 14.0. The number of ether oxygens (including phenoxy) is 2. The zero-order valence-electron chi connectivity index (χ0n) is 22.6. The number of halogens is 1. The Labute approximate surface area is 246 Å². The molecule has 0 saturated carbocycles. The quantitative estimate of drug-likeness (QED) is 0.263. The molecule has 9 heteroatoms. The van der Waals surface area contributed by atoms with Gasteiger partial charge in [0.2, 0.25) is 0 Å². The molecule has 0 aliphatic carbocycles. The van der Waals surface area contributed by atoms with E-state index < -0.39 is 6.04 Å². The first-order valence-electron chi connectivity index (χ1n) is 13.0. The number of thiazole rings is 1. The first-order chi connectivity index (χ1) is 19.9. The molecule has 1 amide bonds. The van der Waals surface area contributed by atoms with Crippen LogP contribution >= 0.6 is 22.9 Å². The smallest absolute Gasteiger partial charge is 0.271 e. The van der Waals surface area contributed by atoms with Crippen molar-refractivity contribution in [3.8, 4) is 11.5 Å². The van der Waals surface area contributed by atoms with Gasteiger partial charge < -0.3 is 14.8 Å². The lowest BCUT2D eigenvalue weighted by molar-refractivity contribution is -0.113. The van der Waals surface area contributed by atoms with Gasteiger partial charge in [0.05, 0.1) is 28.5 Å². The van der Waals surface area contributed by atoms with Gasteiger partial charge in [-0.1, -0.05) is 65.9 Å². The molecule has 0 bridgehead atoms. The van der Waals surface area contributed by atoms with E-state index >= 15 is 0 Å². The number of anilines is 1. The highest BCUT2D eigenvalue weighted by Crippen LogP contribution is 2.32. The Hall–Kier alpha value is -4.40. The second-order valence-corrected chi connectivity index (χ2v) is 10.6. The van der Waals surface area contributed by atoms with E-state index in [-0.39, 0.29) is 11.5 Å². The van der Waals surface area contributed by atoms with Gasteiger partial charge in [-0.05, 0) is 68.0 Å². The Morgan fingerprint density at radius 3 is 2.59 bits per heavy atom. The van der Waals surface area contributed by atoms with Gasteiger partial charge in [-0.25, -0.2) is 4.99 Å². The van der Waals surface area contributed by atoms with E-state index in [0.717, 1.165) is 5.56 Å². The average molecular weight is 586 g/mol. The number of allylic oxidation sites excluding steroid dienone is 1. The average Bonchev–Trinajstić information content (AvgIpc) is 3.27. The second-order valence-electron chi connectivity index (χ2n) is 9.19. The maximum Gasteiger partial charge on any atom is 0.271 e. The predicted molar refractivity (Wildman–Crippen MR) is 164 cm³/mol. The van der Waals surface area contributed by atoms with E-state index in [1.54, 1.807) is 41.8 Å². The SMILES string of the molecule is C=CCOc1ccc(Cl)cc1/C=c1\sc2n(c1=O)[C@H](c1ccc(OCC)cc1)C(C(=O)Nc1ccccc1)=C(C)N=2. The minimum Gasteiger partial charge on any atom is -0.494 e. The van der Waals surface area contributed by atoms with E-state index in [1.807, 2.05) is 61.5 Å². The summed E-state index contributed by atoms with van der Waals surface area (Å²) in [6.07, 6.45) is 3.39. The van der Waals surface area contributed by atoms with Gasteiger partial charge in [0, 0.05) is 16.3 Å². The van der Waals surface area contributed by atoms with Crippen LogP contribution in [0.3, 0.4) is 0 Å². The summed E-state index contributed by atoms with van der Waals surface area (Å²) in [4.78, 5) is 32.9. The zero-order chi connectivity index (χ0) is 28.9. The summed E-state index contributed by atoms with van der Waals surface area (Å²) in [5.74, 6) is 0.940. The fraction of sp³-hybridized carbons (Fsp3) is 0.156. The van der Waals surface area contributed by atoms with Crippen LogP contribution in [-0.2, 0) is 4.79 Å². The van der Waals surface area contributed by atoms with E-state index in [1.165, 1.54) is 11.3 Å². The van der Waals surface area contributed by atoms with Crippen LogP contribution in [-0.4, -0.2) is 23.7 Å². The van der Waals surface area contributed by atoms with Gasteiger partial charge in [0.25, 0.3) is 11.5 Å². The number of aromatic nitrogens is 1. The summed E-state index contributed by atoms with van der Waals surface area (Å²) < 4.78 is 13.4. The molecule has 0 spiro atoms. The van der Waals surface area contributed by atoms with Gasteiger partial charge in [0.1, 0.15) is 18.1 Å². The first-order valence-corrected chi connectivity index (χ1v) is 14.2. The number of hydrogen-bond donors (Lipinski definition) is 1. The first kappa shape index (κ1) is 28.1. The Kier molecular flexibility index (Phi) is 8.52. The van der Waals surface area contributed by atoms with Gasteiger partial charge in [-0.2, -0.15) is 0 Å². The van der Waals surface area contributed by atoms with Crippen LogP contribution in [0.1, 0.15) is 31.0 Å². The van der Waals surface area contributed by atoms with Crippen molar-refractivity contribution in [2.24, 2.45) is 4.99 Å². The number of fused-ring (bicyclic) bond motifs is 1. The number of carbonyl (C=O) groups is 1. The van der Waals surface area contributed by atoms with Crippen LogP contribution in [0.25, 0.3) is 6.08 Å². The van der Waals surface area contributed by atoms with Crippen LogP contribution in [0.5, 0.6) is 11.5 Å². The molecule has 1 aliphatic heterocycles. The third-order valence-electron chi connectivity index (χ3n) is 6.42. The molecule has 1 atom stereocenters. The highest BCUT2D eigenvalue weighted by atomic mass is 35.5. The van der Waals surface area contributed by atoms with Crippen molar-refractivity contribution in [3.05, 3.63) is 133 Å². The molecule has 0 radical (unpaired) electrons. The summed E-state index contributed by atoms with van der Waals surface area (Å²) >= 11 is 7.53. The molecule has 0 fully saturated rings. The van der Waals surface area contributed by atoms with Crippen LogP contribution in [0.2, 0.25) is 5.02 Å². The maximum absolute atomic E-state index is 14.0. The molecular formula is C32H28ClN3O4S. The molecule has 208 valence electrons. The summed E-state index contributed by atoms with van der Waals surface area (Å²) in [5.41, 5.74) is 2.69. The van der Waals surface area contributed by atoms with E-state index in [0.29, 0.717) is 61.6 Å². The summed E-state index contributed by atoms with van der Waals surface area (Å²) in [6.45, 7) is 8.24. The van der Waals surface area contributed by atoms with Crippen LogP contribution < -0.4 is 29.7 Å². The Morgan fingerprint density at radius 1 is 1.12 bits per heavy atom. The number of benzene rings is 3. The monoisotopic (exact) mass is 585 g/mol. The number of para-hydroxylation sites is 1. The summed E-state index contributed by atoms with van der Waals surface area (Å²) in [6, 6.07) is 21.1. The van der Waals surface area contributed by atoms with Crippen LogP contribution in [0, 0.1) is 0 Å². The van der Waals surface area contributed by atoms with Crippen molar-refractivity contribution in [1.82, 2.24) is 4.57 Å².